The van der Waals surface area contributed by atoms with Gasteiger partial charge in [-0.2, -0.15) is 5.26 Å². The smallest absolute Gasteiger partial charge is 0.222 e. The van der Waals surface area contributed by atoms with Crippen LogP contribution in [0.25, 0.3) is 0 Å². The minimum atomic E-state index is 0.106. The first-order valence-corrected chi connectivity index (χ1v) is 6.93. The predicted octanol–water partition coefficient (Wildman–Crippen LogP) is -0.200. The maximum Gasteiger partial charge on any atom is 0.222 e. The lowest BCUT2D eigenvalue weighted by Gasteiger charge is -2.30. The van der Waals surface area contributed by atoms with Crippen LogP contribution in [0.3, 0.4) is 0 Å². The van der Waals surface area contributed by atoms with E-state index in [0.29, 0.717) is 38.9 Å². The molecule has 0 aliphatic carbocycles. The zero-order valence-electron chi connectivity index (χ0n) is 11.5. The van der Waals surface area contributed by atoms with E-state index in [2.05, 4.69) is 11.0 Å². The van der Waals surface area contributed by atoms with Crippen LogP contribution in [0.15, 0.2) is 0 Å². The second kappa shape index (κ2) is 9.73. The largest absolute Gasteiger partial charge is 0.379 e. The number of nitrogens with zero attached hydrogens (tertiary/aromatic N) is 3. The summed E-state index contributed by atoms with van der Waals surface area (Å²) >= 11 is 0. The average molecular weight is 268 g/mol. The molecule has 108 valence electrons. The summed E-state index contributed by atoms with van der Waals surface area (Å²) in [6, 6.07) is 2.09. The van der Waals surface area contributed by atoms with Crippen molar-refractivity contribution < 1.29 is 9.53 Å². The van der Waals surface area contributed by atoms with E-state index in [1.807, 2.05) is 0 Å². The van der Waals surface area contributed by atoms with E-state index < -0.39 is 0 Å². The Bertz CT molecular complexity index is 298. The Kier molecular flexibility index (Phi) is 8.14. The van der Waals surface area contributed by atoms with Gasteiger partial charge in [0.25, 0.3) is 0 Å². The van der Waals surface area contributed by atoms with Gasteiger partial charge in [0.05, 0.1) is 25.7 Å². The average Bonchev–Trinajstić information content (AvgIpc) is 2.46. The molecule has 2 N–H and O–H groups in total. The van der Waals surface area contributed by atoms with Crippen LogP contribution in [0.1, 0.15) is 19.3 Å². The highest BCUT2D eigenvalue weighted by atomic mass is 16.5. The van der Waals surface area contributed by atoms with Crippen LogP contribution < -0.4 is 5.73 Å². The summed E-state index contributed by atoms with van der Waals surface area (Å²) in [7, 11) is 0. The predicted molar refractivity (Wildman–Crippen MR) is 72.4 cm³/mol. The van der Waals surface area contributed by atoms with E-state index in [1.54, 1.807) is 4.90 Å². The van der Waals surface area contributed by atoms with Crippen molar-refractivity contribution in [3.8, 4) is 6.07 Å². The maximum atomic E-state index is 12.0. The molecule has 1 saturated heterocycles. The highest BCUT2D eigenvalue weighted by Crippen LogP contribution is 2.02. The van der Waals surface area contributed by atoms with E-state index in [1.165, 1.54) is 0 Å². The van der Waals surface area contributed by atoms with Crippen LogP contribution in [-0.4, -0.2) is 68.2 Å². The van der Waals surface area contributed by atoms with Crippen LogP contribution >= 0.6 is 0 Å². The summed E-state index contributed by atoms with van der Waals surface area (Å²) < 4.78 is 5.29. The number of rotatable bonds is 8. The number of amides is 1. The third kappa shape index (κ3) is 6.53. The Labute approximate surface area is 115 Å². The second-order valence-electron chi connectivity index (χ2n) is 4.64. The Morgan fingerprint density at radius 2 is 2.11 bits per heavy atom. The first-order valence-electron chi connectivity index (χ1n) is 6.93. The first kappa shape index (κ1) is 15.9. The Balaban J connectivity index is 2.34. The molecule has 0 aromatic heterocycles. The van der Waals surface area contributed by atoms with E-state index in [9.17, 15) is 4.79 Å². The van der Waals surface area contributed by atoms with Crippen molar-refractivity contribution in [3.05, 3.63) is 0 Å². The van der Waals surface area contributed by atoms with Gasteiger partial charge in [0, 0.05) is 39.1 Å². The molecular formula is C13H24N4O2. The molecule has 1 heterocycles. The number of nitrogens with two attached hydrogens (primary N) is 1. The fourth-order valence-corrected chi connectivity index (χ4v) is 2.04. The summed E-state index contributed by atoms with van der Waals surface area (Å²) in [6.45, 7) is 5.95. The summed E-state index contributed by atoms with van der Waals surface area (Å²) in [5, 5.41) is 8.66. The van der Waals surface area contributed by atoms with Crippen molar-refractivity contribution in [2.45, 2.75) is 19.3 Å². The molecule has 1 aliphatic rings. The maximum absolute atomic E-state index is 12.0. The number of hydrogen-bond donors (Lipinski definition) is 1. The van der Waals surface area contributed by atoms with Gasteiger partial charge in [-0.25, -0.2) is 0 Å². The Hall–Kier alpha value is -1.16. The van der Waals surface area contributed by atoms with E-state index in [-0.39, 0.29) is 5.91 Å². The van der Waals surface area contributed by atoms with Gasteiger partial charge in [-0.1, -0.05) is 0 Å². The molecule has 0 atom stereocenters. The molecule has 0 saturated carbocycles. The number of nitriles is 1. The fraction of sp³-hybridized carbons (Fsp3) is 0.846. The Morgan fingerprint density at radius 3 is 2.74 bits per heavy atom. The molecule has 0 radical (unpaired) electrons. The zero-order chi connectivity index (χ0) is 13.9. The van der Waals surface area contributed by atoms with Crippen LogP contribution in [0.5, 0.6) is 0 Å². The van der Waals surface area contributed by atoms with Crippen molar-refractivity contribution in [1.82, 2.24) is 9.80 Å². The van der Waals surface area contributed by atoms with Crippen LogP contribution in [-0.2, 0) is 9.53 Å². The normalized spacial score (nSPS) is 16.0. The topological polar surface area (TPSA) is 82.6 Å². The van der Waals surface area contributed by atoms with Crippen molar-refractivity contribution in [3.63, 3.8) is 0 Å². The molecule has 6 heteroatoms. The highest BCUT2D eigenvalue weighted by molar-refractivity contribution is 5.76. The molecule has 19 heavy (non-hydrogen) atoms. The number of carbonyl (C=O) groups is 1. The second-order valence-corrected chi connectivity index (χ2v) is 4.64. The lowest BCUT2D eigenvalue weighted by atomic mass is 10.2. The lowest BCUT2D eigenvalue weighted by Crippen LogP contribution is -2.43. The van der Waals surface area contributed by atoms with E-state index in [4.69, 9.17) is 15.7 Å². The van der Waals surface area contributed by atoms with Gasteiger partial charge in [0.2, 0.25) is 5.91 Å². The minimum absolute atomic E-state index is 0.106. The third-order valence-electron chi connectivity index (χ3n) is 3.23. The Morgan fingerprint density at radius 1 is 1.37 bits per heavy atom. The number of carbonyl (C=O) groups excluding carboxylic acids is 1. The SMILES string of the molecule is N#CCCN(CCN1CCOCC1)C(=O)CCCN. The van der Waals surface area contributed by atoms with Crippen molar-refractivity contribution in [1.29, 1.82) is 5.26 Å². The third-order valence-corrected chi connectivity index (χ3v) is 3.23. The molecule has 6 nitrogen and oxygen atoms in total. The molecule has 1 amide bonds. The van der Waals surface area contributed by atoms with Gasteiger partial charge in [0.15, 0.2) is 0 Å². The van der Waals surface area contributed by atoms with E-state index in [0.717, 1.165) is 32.8 Å². The molecule has 1 aliphatic heterocycles. The molecule has 1 fully saturated rings. The van der Waals surface area contributed by atoms with Gasteiger partial charge in [-0.05, 0) is 13.0 Å². The van der Waals surface area contributed by atoms with Crippen LogP contribution in [0.4, 0.5) is 0 Å². The molecule has 0 aromatic rings. The van der Waals surface area contributed by atoms with Gasteiger partial charge in [-0.15, -0.1) is 0 Å². The minimum Gasteiger partial charge on any atom is -0.379 e. The molecular weight excluding hydrogens is 244 g/mol. The zero-order valence-corrected chi connectivity index (χ0v) is 11.5. The quantitative estimate of drug-likeness (QED) is 0.659. The van der Waals surface area contributed by atoms with Gasteiger partial charge >= 0.3 is 0 Å². The van der Waals surface area contributed by atoms with Gasteiger partial charge in [0.1, 0.15) is 0 Å². The fourth-order valence-electron chi connectivity index (χ4n) is 2.04. The summed E-state index contributed by atoms with van der Waals surface area (Å²) in [5.74, 6) is 0.106. The van der Waals surface area contributed by atoms with Crippen molar-refractivity contribution in [2.75, 3.05) is 52.5 Å². The molecule has 0 spiro atoms. The highest BCUT2D eigenvalue weighted by Gasteiger charge is 2.15. The van der Waals surface area contributed by atoms with Gasteiger partial charge in [-0.3, -0.25) is 9.69 Å². The van der Waals surface area contributed by atoms with Gasteiger partial charge < -0.3 is 15.4 Å². The summed E-state index contributed by atoms with van der Waals surface area (Å²) in [4.78, 5) is 16.1. The standard InChI is InChI=1S/C13H24N4O2/c14-4-1-3-13(18)17(6-2-5-15)8-7-16-9-11-19-12-10-16/h1-4,6-12,14H2. The molecule has 0 bridgehead atoms. The first-order chi connectivity index (χ1) is 9.27. The molecule has 0 unspecified atom stereocenters. The monoisotopic (exact) mass is 268 g/mol. The van der Waals surface area contributed by atoms with Crippen molar-refractivity contribution in [2.24, 2.45) is 5.73 Å². The van der Waals surface area contributed by atoms with Crippen LogP contribution in [0, 0.1) is 11.3 Å². The molecule has 0 aromatic carbocycles. The number of morpholine rings is 1. The van der Waals surface area contributed by atoms with Crippen LogP contribution in [0.2, 0.25) is 0 Å². The number of hydrogen-bond acceptors (Lipinski definition) is 5. The lowest BCUT2D eigenvalue weighted by molar-refractivity contribution is -0.131. The van der Waals surface area contributed by atoms with Crippen molar-refractivity contribution >= 4 is 5.91 Å². The molecule has 1 rings (SSSR count). The van der Waals surface area contributed by atoms with E-state index >= 15 is 0 Å². The summed E-state index contributed by atoms with van der Waals surface area (Å²) in [5.41, 5.74) is 5.42. The summed E-state index contributed by atoms with van der Waals surface area (Å²) in [6.07, 6.45) is 1.57. The number of ether oxygens (including phenoxy) is 1.